The molecular weight excluding hydrogens is 262 g/mol. The van der Waals surface area contributed by atoms with Crippen LogP contribution >= 0.6 is 0 Å². The summed E-state index contributed by atoms with van der Waals surface area (Å²) in [6.45, 7) is 8.30. The first-order valence-corrected chi connectivity index (χ1v) is 7.80. The van der Waals surface area contributed by atoms with E-state index >= 15 is 0 Å². The van der Waals surface area contributed by atoms with E-state index in [0.717, 1.165) is 35.1 Å². The number of carbonyl (C=O) groups is 1. The molecule has 2 atom stereocenters. The molecule has 3 nitrogen and oxygen atoms in total. The van der Waals surface area contributed by atoms with Crippen molar-refractivity contribution >= 4 is 16.9 Å². The number of aryl methyl sites for hydroxylation is 1. The smallest absolute Gasteiger partial charge is 0.220 e. The van der Waals surface area contributed by atoms with Gasteiger partial charge < -0.3 is 9.73 Å². The minimum absolute atomic E-state index is 0.0984. The first kappa shape index (κ1) is 15.6. The maximum Gasteiger partial charge on any atom is 0.220 e. The summed E-state index contributed by atoms with van der Waals surface area (Å²) >= 11 is 0. The van der Waals surface area contributed by atoms with Crippen molar-refractivity contribution in [1.82, 2.24) is 5.32 Å². The second kappa shape index (κ2) is 6.79. The maximum atomic E-state index is 12.1. The molecule has 0 saturated carbocycles. The molecule has 1 N–H and O–H groups in total. The Balaban J connectivity index is 2.06. The molecule has 114 valence electrons. The van der Waals surface area contributed by atoms with E-state index < -0.39 is 0 Å². The number of carbonyl (C=O) groups excluding carboxylic acids is 1. The number of hydrogen-bond acceptors (Lipinski definition) is 2. The quantitative estimate of drug-likeness (QED) is 0.833. The van der Waals surface area contributed by atoms with Gasteiger partial charge in [-0.3, -0.25) is 4.79 Å². The largest absolute Gasteiger partial charge is 0.459 e. The summed E-state index contributed by atoms with van der Waals surface area (Å²) in [7, 11) is 0. The fourth-order valence-corrected chi connectivity index (χ4v) is 2.88. The van der Waals surface area contributed by atoms with Crippen LogP contribution in [0.1, 0.15) is 57.4 Å². The van der Waals surface area contributed by atoms with Crippen LogP contribution in [0.25, 0.3) is 11.0 Å². The summed E-state index contributed by atoms with van der Waals surface area (Å²) in [5, 5.41) is 4.17. The predicted octanol–water partition coefficient (Wildman–Crippen LogP) is 4.74. The number of nitrogens with one attached hydrogen (secondary N) is 1. The summed E-state index contributed by atoms with van der Waals surface area (Å²) in [4.78, 5) is 12.1. The summed E-state index contributed by atoms with van der Waals surface area (Å²) in [6, 6.07) is 7.88. The van der Waals surface area contributed by atoms with E-state index in [0.29, 0.717) is 12.3 Å². The molecular formula is C18H25NO2. The number of benzene rings is 1. The van der Waals surface area contributed by atoms with E-state index in [1.807, 2.05) is 32.0 Å². The number of amides is 1. The molecule has 0 aliphatic carbocycles. The Hall–Kier alpha value is -1.77. The fourth-order valence-electron chi connectivity index (χ4n) is 2.88. The van der Waals surface area contributed by atoms with Crippen LogP contribution in [-0.4, -0.2) is 5.91 Å². The van der Waals surface area contributed by atoms with Gasteiger partial charge in [0.05, 0.1) is 6.04 Å². The molecule has 0 aliphatic rings. The Kier molecular flexibility index (Phi) is 5.05. The monoisotopic (exact) mass is 287 g/mol. The minimum atomic E-state index is -0.0984. The minimum Gasteiger partial charge on any atom is -0.459 e. The number of hydrogen-bond donors (Lipinski definition) is 1. The SMILES string of the molecule is CCCC(C)CC(=O)NC(C)c1oc2ccccc2c1C. The number of fused-ring (bicyclic) bond motifs is 1. The highest BCUT2D eigenvalue weighted by Gasteiger charge is 2.18. The van der Waals surface area contributed by atoms with Gasteiger partial charge in [-0.05, 0) is 25.8 Å². The molecule has 2 rings (SSSR count). The lowest BCUT2D eigenvalue weighted by atomic mass is 10.0. The molecule has 0 radical (unpaired) electrons. The van der Waals surface area contributed by atoms with Crippen LogP contribution in [-0.2, 0) is 4.79 Å². The van der Waals surface area contributed by atoms with E-state index in [9.17, 15) is 4.79 Å². The van der Waals surface area contributed by atoms with Gasteiger partial charge in [-0.1, -0.05) is 44.9 Å². The van der Waals surface area contributed by atoms with Crippen molar-refractivity contribution in [3.63, 3.8) is 0 Å². The fraction of sp³-hybridized carbons (Fsp3) is 0.500. The van der Waals surface area contributed by atoms with Crippen molar-refractivity contribution in [2.45, 2.75) is 53.0 Å². The number of rotatable bonds is 6. The van der Waals surface area contributed by atoms with Gasteiger partial charge in [0, 0.05) is 17.4 Å². The lowest BCUT2D eigenvalue weighted by molar-refractivity contribution is -0.122. The molecule has 1 aromatic carbocycles. The van der Waals surface area contributed by atoms with Gasteiger partial charge in [0.25, 0.3) is 0 Å². The van der Waals surface area contributed by atoms with Crippen molar-refractivity contribution in [3.05, 3.63) is 35.6 Å². The second-order valence-electron chi connectivity index (χ2n) is 5.97. The van der Waals surface area contributed by atoms with Gasteiger partial charge in [0.1, 0.15) is 11.3 Å². The predicted molar refractivity (Wildman–Crippen MR) is 86.2 cm³/mol. The van der Waals surface area contributed by atoms with Crippen molar-refractivity contribution in [1.29, 1.82) is 0 Å². The molecule has 0 fully saturated rings. The molecule has 2 aromatic rings. The van der Waals surface area contributed by atoms with Gasteiger partial charge in [-0.15, -0.1) is 0 Å². The maximum absolute atomic E-state index is 12.1. The van der Waals surface area contributed by atoms with E-state index in [4.69, 9.17) is 4.42 Å². The molecule has 0 spiro atoms. The van der Waals surface area contributed by atoms with E-state index in [1.54, 1.807) is 0 Å². The van der Waals surface area contributed by atoms with E-state index in [2.05, 4.69) is 25.2 Å². The van der Waals surface area contributed by atoms with Crippen LogP contribution in [0.2, 0.25) is 0 Å². The van der Waals surface area contributed by atoms with Gasteiger partial charge >= 0.3 is 0 Å². The molecule has 21 heavy (non-hydrogen) atoms. The van der Waals surface area contributed by atoms with Gasteiger partial charge in [0.15, 0.2) is 0 Å². The first-order chi connectivity index (χ1) is 10.0. The third-order valence-electron chi connectivity index (χ3n) is 3.97. The highest BCUT2D eigenvalue weighted by Crippen LogP contribution is 2.29. The average Bonchev–Trinajstić information content (AvgIpc) is 2.77. The summed E-state index contributed by atoms with van der Waals surface area (Å²) in [5.41, 5.74) is 1.99. The Labute approximate surface area is 126 Å². The molecule has 1 amide bonds. The van der Waals surface area contributed by atoms with Gasteiger partial charge in [0.2, 0.25) is 5.91 Å². The van der Waals surface area contributed by atoms with Gasteiger partial charge in [-0.2, -0.15) is 0 Å². The van der Waals surface area contributed by atoms with E-state index in [-0.39, 0.29) is 11.9 Å². The molecule has 0 saturated heterocycles. The molecule has 1 heterocycles. The van der Waals surface area contributed by atoms with Crippen molar-refractivity contribution in [2.75, 3.05) is 0 Å². The van der Waals surface area contributed by atoms with Gasteiger partial charge in [-0.25, -0.2) is 0 Å². The number of para-hydroxylation sites is 1. The highest BCUT2D eigenvalue weighted by molar-refractivity contribution is 5.82. The van der Waals surface area contributed by atoms with Crippen LogP contribution in [0.3, 0.4) is 0 Å². The third kappa shape index (κ3) is 3.66. The second-order valence-corrected chi connectivity index (χ2v) is 5.97. The third-order valence-corrected chi connectivity index (χ3v) is 3.97. The van der Waals surface area contributed by atoms with Crippen LogP contribution in [0.4, 0.5) is 0 Å². The Morgan fingerprint density at radius 3 is 2.67 bits per heavy atom. The molecule has 2 unspecified atom stereocenters. The molecule has 3 heteroatoms. The normalized spacial score (nSPS) is 14.1. The molecule has 0 aliphatic heterocycles. The topological polar surface area (TPSA) is 42.2 Å². The first-order valence-electron chi connectivity index (χ1n) is 7.80. The Morgan fingerprint density at radius 2 is 2.00 bits per heavy atom. The van der Waals surface area contributed by atoms with E-state index in [1.165, 1.54) is 0 Å². The Bertz CT molecular complexity index is 615. The average molecular weight is 287 g/mol. The summed E-state index contributed by atoms with van der Waals surface area (Å²) in [5.74, 6) is 1.38. The Morgan fingerprint density at radius 1 is 1.29 bits per heavy atom. The van der Waals surface area contributed by atoms with Crippen LogP contribution < -0.4 is 5.32 Å². The van der Waals surface area contributed by atoms with Crippen LogP contribution in [0.15, 0.2) is 28.7 Å². The van der Waals surface area contributed by atoms with Crippen molar-refractivity contribution in [3.8, 4) is 0 Å². The number of furan rings is 1. The lowest BCUT2D eigenvalue weighted by Crippen LogP contribution is -2.28. The molecule has 1 aromatic heterocycles. The summed E-state index contributed by atoms with van der Waals surface area (Å²) in [6.07, 6.45) is 2.79. The molecule has 0 bridgehead atoms. The van der Waals surface area contributed by atoms with Crippen molar-refractivity contribution < 1.29 is 9.21 Å². The lowest BCUT2D eigenvalue weighted by Gasteiger charge is -2.15. The van der Waals surface area contributed by atoms with Crippen molar-refractivity contribution in [2.24, 2.45) is 5.92 Å². The standard InChI is InChI=1S/C18H25NO2/c1-5-8-12(2)11-17(20)19-14(4)18-13(3)15-9-6-7-10-16(15)21-18/h6-7,9-10,12,14H,5,8,11H2,1-4H3,(H,19,20). The summed E-state index contributed by atoms with van der Waals surface area (Å²) < 4.78 is 5.90. The highest BCUT2D eigenvalue weighted by atomic mass is 16.3. The van der Waals surface area contributed by atoms with Crippen LogP contribution in [0, 0.1) is 12.8 Å². The zero-order valence-corrected chi connectivity index (χ0v) is 13.4. The van der Waals surface area contributed by atoms with Crippen LogP contribution in [0.5, 0.6) is 0 Å². The zero-order chi connectivity index (χ0) is 15.4. The zero-order valence-electron chi connectivity index (χ0n) is 13.4.